The molecule has 0 unspecified atom stereocenters. The van der Waals surface area contributed by atoms with Crippen molar-refractivity contribution in [3.8, 4) is 0 Å². The topological polar surface area (TPSA) is 21.6 Å². The maximum atomic E-state index is 13.1. The average molecular weight is 232 g/mol. The van der Waals surface area contributed by atoms with Crippen LogP contribution in [0.1, 0.15) is 5.56 Å². The summed E-state index contributed by atoms with van der Waals surface area (Å²) in [4.78, 5) is 4.43. The molecule has 0 saturated carbocycles. The molecule has 0 fully saturated rings. The Hall–Kier alpha value is -0.900. The Bertz CT molecular complexity index is 301. The molecule has 0 aliphatic rings. The summed E-state index contributed by atoms with van der Waals surface area (Å²) in [6.45, 7) is 0. The Kier molecular flexibility index (Phi) is 3.22. The number of nitrogens with zero attached hydrogens (tertiary/aromatic N) is 1. The summed E-state index contributed by atoms with van der Waals surface area (Å²) >= 11 is 3.06. The summed E-state index contributed by atoms with van der Waals surface area (Å²) in [5.74, 6) is -0.335. The standard InChI is InChI=1S/C8H7BrFNO/c1-12-11-5-6-3-2-4-7(9)8(6)10/h2-5H,1H3. The van der Waals surface area contributed by atoms with Gasteiger partial charge in [-0.15, -0.1) is 0 Å². The second-order valence-electron chi connectivity index (χ2n) is 2.06. The summed E-state index contributed by atoms with van der Waals surface area (Å²) in [6.07, 6.45) is 1.32. The van der Waals surface area contributed by atoms with Crippen LogP contribution < -0.4 is 0 Å². The third kappa shape index (κ3) is 2.04. The van der Waals surface area contributed by atoms with Crippen LogP contribution in [0.25, 0.3) is 0 Å². The van der Waals surface area contributed by atoms with Crippen molar-refractivity contribution >= 4 is 22.1 Å². The summed E-state index contributed by atoms with van der Waals surface area (Å²) < 4.78 is 13.6. The predicted molar refractivity (Wildman–Crippen MR) is 48.7 cm³/mol. The Morgan fingerprint density at radius 3 is 3.00 bits per heavy atom. The van der Waals surface area contributed by atoms with E-state index in [1.54, 1.807) is 18.2 Å². The van der Waals surface area contributed by atoms with E-state index in [1.807, 2.05) is 0 Å². The van der Waals surface area contributed by atoms with E-state index >= 15 is 0 Å². The predicted octanol–water partition coefficient (Wildman–Crippen LogP) is 2.57. The van der Waals surface area contributed by atoms with E-state index in [4.69, 9.17) is 0 Å². The van der Waals surface area contributed by atoms with Gasteiger partial charge in [-0.3, -0.25) is 0 Å². The van der Waals surface area contributed by atoms with Crippen LogP contribution in [-0.4, -0.2) is 13.3 Å². The van der Waals surface area contributed by atoms with Crippen molar-refractivity contribution in [3.63, 3.8) is 0 Å². The quantitative estimate of drug-likeness (QED) is 0.567. The number of benzene rings is 1. The summed E-state index contributed by atoms with van der Waals surface area (Å²) in [7, 11) is 1.41. The van der Waals surface area contributed by atoms with Gasteiger partial charge >= 0.3 is 0 Å². The minimum atomic E-state index is -0.335. The van der Waals surface area contributed by atoms with E-state index in [2.05, 4.69) is 25.9 Å². The van der Waals surface area contributed by atoms with Gasteiger partial charge in [0.15, 0.2) is 0 Å². The molecule has 0 amide bonds. The number of hydrogen-bond donors (Lipinski definition) is 0. The maximum Gasteiger partial charge on any atom is 0.146 e. The Morgan fingerprint density at radius 1 is 1.58 bits per heavy atom. The van der Waals surface area contributed by atoms with Crippen molar-refractivity contribution in [1.29, 1.82) is 0 Å². The molecule has 0 radical (unpaired) electrons. The first-order valence-corrected chi connectivity index (χ1v) is 4.05. The van der Waals surface area contributed by atoms with Gasteiger partial charge in [0.05, 0.1) is 10.7 Å². The summed E-state index contributed by atoms with van der Waals surface area (Å²) in [6, 6.07) is 4.96. The van der Waals surface area contributed by atoms with Gasteiger partial charge in [0.2, 0.25) is 0 Å². The SMILES string of the molecule is CON=Cc1cccc(Br)c1F. The van der Waals surface area contributed by atoms with Crippen molar-refractivity contribution in [2.24, 2.45) is 5.16 Å². The molecule has 0 N–H and O–H groups in total. The molecule has 1 aromatic carbocycles. The third-order valence-electron chi connectivity index (χ3n) is 1.28. The summed E-state index contributed by atoms with van der Waals surface area (Å²) in [5.41, 5.74) is 0.395. The molecule has 0 aromatic heterocycles. The van der Waals surface area contributed by atoms with Crippen LogP contribution in [0.5, 0.6) is 0 Å². The monoisotopic (exact) mass is 231 g/mol. The fraction of sp³-hybridized carbons (Fsp3) is 0.125. The minimum absolute atomic E-state index is 0.335. The summed E-state index contributed by atoms with van der Waals surface area (Å²) in [5, 5.41) is 3.46. The van der Waals surface area contributed by atoms with Gasteiger partial charge in [-0.25, -0.2) is 4.39 Å². The smallest absolute Gasteiger partial charge is 0.146 e. The molecule has 2 nitrogen and oxygen atoms in total. The van der Waals surface area contributed by atoms with Crippen molar-refractivity contribution < 1.29 is 9.23 Å². The van der Waals surface area contributed by atoms with E-state index in [-0.39, 0.29) is 5.82 Å². The fourth-order valence-electron chi connectivity index (χ4n) is 0.730. The molecule has 4 heteroatoms. The molecular weight excluding hydrogens is 225 g/mol. The molecule has 0 atom stereocenters. The van der Waals surface area contributed by atoms with Gasteiger partial charge in [-0.05, 0) is 22.0 Å². The normalized spacial score (nSPS) is 10.6. The lowest BCUT2D eigenvalue weighted by Gasteiger charge is -1.96. The zero-order valence-corrected chi connectivity index (χ0v) is 8.01. The maximum absolute atomic E-state index is 13.1. The van der Waals surface area contributed by atoms with Crippen LogP contribution in [0.3, 0.4) is 0 Å². The van der Waals surface area contributed by atoms with E-state index in [1.165, 1.54) is 13.3 Å². The van der Waals surface area contributed by atoms with Gasteiger partial charge in [0.1, 0.15) is 12.9 Å². The largest absolute Gasteiger partial charge is 0.399 e. The molecular formula is C8H7BrFNO. The molecule has 64 valence electrons. The molecule has 0 aliphatic heterocycles. The highest BCUT2D eigenvalue weighted by Gasteiger charge is 2.02. The van der Waals surface area contributed by atoms with Crippen molar-refractivity contribution in [3.05, 3.63) is 34.1 Å². The Labute approximate surface area is 78.2 Å². The molecule has 0 heterocycles. The molecule has 0 saturated heterocycles. The van der Waals surface area contributed by atoms with Gasteiger partial charge < -0.3 is 4.84 Å². The van der Waals surface area contributed by atoms with Crippen molar-refractivity contribution in [1.82, 2.24) is 0 Å². The molecule has 0 bridgehead atoms. The first-order valence-electron chi connectivity index (χ1n) is 3.26. The minimum Gasteiger partial charge on any atom is -0.399 e. The highest BCUT2D eigenvalue weighted by molar-refractivity contribution is 9.10. The molecule has 12 heavy (non-hydrogen) atoms. The van der Waals surface area contributed by atoms with E-state index in [0.29, 0.717) is 10.0 Å². The van der Waals surface area contributed by atoms with Gasteiger partial charge in [-0.2, -0.15) is 0 Å². The van der Waals surface area contributed by atoms with Crippen LogP contribution in [0, 0.1) is 5.82 Å². The van der Waals surface area contributed by atoms with Crippen molar-refractivity contribution in [2.45, 2.75) is 0 Å². The second kappa shape index (κ2) is 4.21. The van der Waals surface area contributed by atoms with Crippen LogP contribution in [0.2, 0.25) is 0 Å². The molecule has 1 aromatic rings. The van der Waals surface area contributed by atoms with Gasteiger partial charge in [-0.1, -0.05) is 17.3 Å². The number of hydrogen-bond acceptors (Lipinski definition) is 2. The van der Waals surface area contributed by atoms with Crippen molar-refractivity contribution in [2.75, 3.05) is 7.11 Å². The lowest BCUT2D eigenvalue weighted by molar-refractivity contribution is 0.215. The lowest BCUT2D eigenvalue weighted by atomic mass is 10.2. The highest BCUT2D eigenvalue weighted by Crippen LogP contribution is 2.16. The third-order valence-corrected chi connectivity index (χ3v) is 1.89. The van der Waals surface area contributed by atoms with Gasteiger partial charge in [0, 0.05) is 5.56 Å². The first kappa shape index (κ1) is 9.19. The first-order chi connectivity index (χ1) is 5.75. The molecule has 1 rings (SSSR count). The fourth-order valence-corrected chi connectivity index (χ4v) is 1.11. The van der Waals surface area contributed by atoms with Crippen LogP contribution in [0.15, 0.2) is 27.8 Å². The Morgan fingerprint density at radius 2 is 2.33 bits per heavy atom. The van der Waals surface area contributed by atoms with E-state index in [0.717, 1.165) is 0 Å². The molecule has 0 aliphatic carbocycles. The second-order valence-corrected chi connectivity index (χ2v) is 2.91. The van der Waals surface area contributed by atoms with E-state index < -0.39 is 0 Å². The number of oxime groups is 1. The number of halogens is 2. The van der Waals surface area contributed by atoms with Crippen LogP contribution in [-0.2, 0) is 4.84 Å². The Balaban J connectivity index is 3.00. The molecule has 0 spiro atoms. The number of rotatable bonds is 2. The zero-order chi connectivity index (χ0) is 8.97. The average Bonchev–Trinajstić information content (AvgIpc) is 2.08. The highest BCUT2D eigenvalue weighted by atomic mass is 79.9. The van der Waals surface area contributed by atoms with Gasteiger partial charge in [0.25, 0.3) is 0 Å². The zero-order valence-electron chi connectivity index (χ0n) is 6.42. The van der Waals surface area contributed by atoms with Crippen LogP contribution >= 0.6 is 15.9 Å². The van der Waals surface area contributed by atoms with E-state index in [9.17, 15) is 4.39 Å². The van der Waals surface area contributed by atoms with Crippen LogP contribution in [0.4, 0.5) is 4.39 Å². The lowest BCUT2D eigenvalue weighted by Crippen LogP contribution is -1.89.